The van der Waals surface area contributed by atoms with E-state index < -0.39 is 5.41 Å². The van der Waals surface area contributed by atoms with E-state index in [1.807, 2.05) is 36.9 Å². The van der Waals surface area contributed by atoms with Crippen LogP contribution in [0.25, 0.3) is 11.5 Å². The number of carbonyl (C=O) groups excluding carboxylic acids is 1. The van der Waals surface area contributed by atoms with Gasteiger partial charge in [0.2, 0.25) is 17.7 Å². The fourth-order valence-electron chi connectivity index (χ4n) is 3.03. The normalized spacial score (nSPS) is 20.0. The molecule has 108 valence electrons. The van der Waals surface area contributed by atoms with Crippen LogP contribution < -0.4 is 4.90 Å². The highest BCUT2D eigenvalue weighted by molar-refractivity contribution is 6.08. The molecular weight excluding hydrogens is 266 g/mol. The average molecular weight is 283 g/mol. The molecule has 0 radical (unpaired) electrons. The van der Waals surface area contributed by atoms with E-state index in [9.17, 15) is 4.79 Å². The van der Waals surface area contributed by atoms with Crippen molar-refractivity contribution in [3.05, 3.63) is 29.7 Å². The molecule has 0 unspecified atom stereocenters. The molecule has 1 aliphatic heterocycles. The summed E-state index contributed by atoms with van der Waals surface area (Å²) in [6, 6.07) is 6.34. The number of aryl methyl sites for hydroxylation is 1. The summed E-state index contributed by atoms with van der Waals surface area (Å²) < 4.78 is 5.49. The van der Waals surface area contributed by atoms with E-state index >= 15 is 0 Å². The summed E-state index contributed by atoms with van der Waals surface area (Å²) in [5.41, 5.74) is 2.49. The second-order valence-corrected chi connectivity index (χ2v) is 6.39. The molecule has 1 amide bonds. The third-order valence-electron chi connectivity index (χ3n) is 4.37. The predicted molar refractivity (Wildman–Crippen MR) is 78.0 cm³/mol. The summed E-state index contributed by atoms with van der Waals surface area (Å²) in [5.74, 6) is 1.24. The summed E-state index contributed by atoms with van der Waals surface area (Å²) in [6.45, 7) is 5.76. The van der Waals surface area contributed by atoms with Gasteiger partial charge in [0.1, 0.15) is 0 Å². The summed E-state index contributed by atoms with van der Waals surface area (Å²) in [5, 5.41) is 7.93. The van der Waals surface area contributed by atoms with Crippen molar-refractivity contribution in [1.82, 2.24) is 10.2 Å². The van der Waals surface area contributed by atoms with Crippen LogP contribution in [0, 0.1) is 6.92 Å². The van der Waals surface area contributed by atoms with Crippen molar-refractivity contribution >= 4 is 11.6 Å². The topological polar surface area (TPSA) is 59.2 Å². The van der Waals surface area contributed by atoms with Crippen molar-refractivity contribution in [1.29, 1.82) is 0 Å². The van der Waals surface area contributed by atoms with Crippen molar-refractivity contribution < 1.29 is 9.21 Å². The van der Waals surface area contributed by atoms with Gasteiger partial charge in [-0.2, -0.15) is 0 Å². The van der Waals surface area contributed by atoms with Crippen molar-refractivity contribution in [2.45, 2.75) is 45.1 Å². The highest BCUT2D eigenvalue weighted by Gasteiger charge is 2.49. The molecule has 1 saturated carbocycles. The summed E-state index contributed by atoms with van der Waals surface area (Å²) in [4.78, 5) is 14.7. The van der Waals surface area contributed by atoms with Gasteiger partial charge in [-0.15, -0.1) is 10.2 Å². The zero-order valence-corrected chi connectivity index (χ0v) is 12.4. The zero-order chi connectivity index (χ0) is 14.8. The largest absolute Gasteiger partial charge is 0.421 e. The number of carbonyl (C=O) groups is 1. The first-order valence-electron chi connectivity index (χ1n) is 7.27. The molecule has 5 nitrogen and oxygen atoms in total. The van der Waals surface area contributed by atoms with Gasteiger partial charge in [0.15, 0.2) is 0 Å². The number of benzene rings is 1. The van der Waals surface area contributed by atoms with E-state index in [1.165, 1.54) is 0 Å². The van der Waals surface area contributed by atoms with Crippen molar-refractivity contribution in [2.24, 2.45) is 0 Å². The number of aromatic nitrogens is 2. The molecule has 0 bridgehead atoms. The summed E-state index contributed by atoms with van der Waals surface area (Å²) in [6.07, 6.45) is 2.18. The van der Waals surface area contributed by atoms with E-state index in [-0.39, 0.29) is 5.91 Å². The van der Waals surface area contributed by atoms with Crippen LogP contribution in [0.3, 0.4) is 0 Å². The number of rotatable bonds is 2. The maximum absolute atomic E-state index is 12.7. The van der Waals surface area contributed by atoms with Crippen LogP contribution in [0.1, 0.15) is 38.1 Å². The highest BCUT2D eigenvalue weighted by atomic mass is 16.4. The molecule has 1 aromatic heterocycles. The molecule has 2 heterocycles. The van der Waals surface area contributed by atoms with Gasteiger partial charge in [0.05, 0.1) is 5.41 Å². The van der Waals surface area contributed by atoms with Crippen LogP contribution in [-0.2, 0) is 10.2 Å². The SMILES string of the molecule is Cc1nnc(-c2ccc3c(c2)N(C2CC2)C(=O)C3(C)C)o1. The third kappa shape index (κ3) is 1.73. The minimum atomic E-state index is -0.457. The Labute approximate surface area is 123 Å². The maximum Gasteiger partial charge on any atom is 0.247 e. The van der Waals surface area contributed by atoms with Gasteiger partial charge in [-0.1, -0.05) is 6.07 Å². The Kier molecular flexibility index (Phi) is 2.35. The molecule has 21 heavy (non-hydrogen) atoms. The molecule has 0 saturated heterocycles. The molecule has 0 atom stereocenters. The number of anilines is 1. The first-order chi connectivity index (χ1) is 9.98. The number of nitrogens with zero attached hydrogens (tertiary/aromatic N) is 3. The number of fused-ring (bicyclic) bond motifs is 1. The van der Waals surface area contributed by atoms with E-state index in [1.54, 1.807) is 6.92 Å². The average Bonchev–Trinajstić information content (AvgIpc) is 3.15. The Morgan fingerprint density at radius 1 is 1.29 bits per heavy atom. The van der Waals surface area contributed by atoms with E-state index in [0.29, 0.717) is 17.8 Å². The van der Waals surface area contributed by atoms with Crippen LogP contribution in [-0.4, -0.2) is 22.1 Å². The maximum atomic E-state index is 12.7. The molecule has 1 fully saturated rings. The zero-order valence-electron chi connectivity index (χ0n) is 12.4. The third-order valence-corrected chi connectivity index (χ3v) is 4.37. The Morgan fingerprint density at radius 2 is 2.05 bits per heavy atom. The number of hydrogen-bond donors (Lipinski definition) is 0. The lowest BCUT2D eigenvalue weighted by Crippen LogP contribution is -2.37. The Morgan fingerprint density at radius 3 is 2.67 bits per heavy atom. The Bertz CT molecular complexity index is 744. The molecule has 1 aliphatic carbocycles. The van der Waals surface area contributed by atoms with Gasteiger partial charge in [-0.25, -0.2) is 0 Å². The second kappa shape index (κ2) is 3.93. The molecule has 0 N–H and O–H groups in total. The number of amides is 1. The quantitative estimate of drug-likeness (QED) is 0.850. The monoisotopic (exact) mass is 283 g/mol. The van der Waals surface area contributed by atoms with Crippen molar-refractivity contribution in [2.75, 3.05) is 4.90 Å². The van der Waals surface area contributed by atoms with E-state index in [2.05, 4.69) is 10.2 Å². The van der Waals surface area contributed by atoms with Crippen LogP contribution in [0.4, 0.5) is 5.69 Å². The molecule has 0 spiro atoms. The standard InChI is InChI=1S/C16H17N3O2/c1-9-17-18-14(21-9)10-4-7-12-13(8-10)19(11-5-6-11)15(20)16(12,2)3/h4,7-8,11H,5-6H2,1-3H3. The van der Waals surface area contributed by atoms with Crippen LogP contribution in [0.5, 0.6) is 0 Å². The second-order valence-electron chi connectivity index (χ2n) is 6.39. The molecule has 4 rings (SSSR count). The summed E-state index contributed by atoms with van der Waals surface area (Å²) >= 11 is 0. The lowest BCUT2D eigenvalue weighted by molar-refractivity contribution is -0.122. The van der Waals surface area contributed by atoms with Gasteiger partial charge in [0, 0.05) is 24.2 Å². The minimum Gasteiger partial charge on any atom is -0.421 e. The van der Waals surface area contributed by atoms with Crippen molar-refractivity contribution in [3.8, 4) is 11.5 Å². The minimum absolute atomic E-state index is 0.193. The van der Waals surface area contributed by atoms with Gasteiger partial charge in [-0.05, 0) is 44.4 Å². The van der Waals surface area contributed by atoms with Crippen molar-refractivity contribution in [3.63, 3.8) is 0 Å². The lowest BCUT2D eigenvalue weighted by atomic mass is 9.86. The van der Waals surface area contributed by atoms with E-state index in [0.717, 1.165) is 29.7 Å². The highest BCUT2D eigenvalue weighted by Crippen LogP contribution is 2.47. The Hall–Kier alpha value is -2.17. The summed E-state index contributed by atoms with van der Waals surface area (Å²) in [7, 11) is 0. The molecular formula is C16H17N3O2. The molecule has 5 heteroatoms. The smallest absolute Gasteiger partial charge is 0.247 e. The van der Waals surface area contributed by atoms with Gasteiger partial charge in [-0.3, -0.25) is 4.79 Å². The molecule has 2 aromatic rings. The fraction of sp³-hybridized carbons (Fsp3) is 0.438. The van der Waals surface area contributed by atoms with Crippen LogP contribution >= 0.6 is 0 Å². The van der Waals surface area contributed by atoms with E-state index in [4.69, 9.17) is 4.42 Å². The molecule has 1 aromatic carbocycles. The van der Waals surface area contributed by atoms with Crippen LogP contribution in [0.15, 0.2) is 22.6 Å². The van der Waals surface area contributed by atoms with Crippen LogP contribution in [0.2, 0.25) is 0 Å². The van der Waals surface area contributed by atoms with Gasteiger partial charge in [0.25, 0.3) is 0 Å². The van der Waals surface area contributed by atoms with Gasteiger partial charge < -0.3 is 9.32 Å². The predicted octanol–water partition coefficient (Wildman–Crippen LogP) is 2.83. The Balaban J connectivity index is 1.86. The molecule has 2 aliphatic rings. The first-order valence-corrected chi connectivity index (χ1v) is 7.27. The lowest BCUT2D eigenvalue weighted by Gasteiger charge is -2.19. The fourth-order valence-corrected chi connectivity index (χ4v) is 3.03. The first kappa shape index (κ1) is 12.6. The van der Waals surface area contributed by atoms with Gasteiger partial charge >= 0.3 is 0 Å². The number of hydrogen-bond acceptors (Lipinski definition) is 4.